The van der Waals surface area contributed by atoms with Crippen LogP contribution in [0.1, 0.15) is 6.92 Å². The summed E-state index contributed by atoms with van der Waals surface area (Å²) in [6.45, 7) is 1.59. The maximum absolute atomic E-state index is 12.1. The average molecular weight is 304 g/mol. The summed E-state index contributed by atoms with van der Waals surface area (Å²) in [5.41, 5.74) is 4.98. The third-order valence-corrected chi connectivity index (χ3v) is 5.56. The first-order chi connectivity index (χ1) is 8.70. The van der Waals surface area contributed by atoms with Gasteiger partial charge in [0, 0.05) is 19.7 Å². The van der Waals surface area contributed by atoms with Crippen LogP contribution in [-0.2, 0) is 10.0 Å². The van der Waals surface area contributed by atoms with Gasteiger partial charge in [-0.1, -0.05) is 11.3 Å². The lowest BCUT2D eigenvalue weighted by atomic mass is 10.2. The van der Waals surface area contributed by atoms with E-state index in [0.29, 0.717) is 11.3 Å². The molecule has 8 nitrogen and oxygen atoms in total. The molecule has 1 aromatic heterocycles. The van der Waals surface area contributed by atoms with Crippen molar-refractivity contribution < 1.29 is 13.3 Å². The van der Waals surface area contributed by atoms with Gasteiger partial charge in [-0.05, 0) is 6.92 Å². The van der Waals surface area contributed by atoms with E-state index in [-0.39, 0.29) is 15.8 Å². The molecule has 0 amide bonds. The second kappa shape index (κ2) is 5.52. The molecule has 1 unspecified atom stereocenters. The molecule has 2 N–H and O–H groups in total. The molecular weight excluding hydrogens is 292 g/mol. The maximum Gasteiger partial charge on any atom is 0.304 e. The summed E-state index contributed by atoms with van der Waals surface area (Å²) in [5.74, 6) is -0.480. The normalized spacial score (nSPS) is 13.2. The topological polar surface area (TPSA) is 130 Å². The first-order valence-corrected chi connectivity index (χ1v) is 7.35. The lowest BCUT2D eigenvalue weighted by Crippen LogP contribution is -2.30. The summed E-state index contributed by atoms with van der Waals surface area (Å²) in [4.78, 5) is 9.90. The van der Waals surface area contributed by atoms with Crippen LogP contribution in [0.3, 0.4) is 0 Å². The molecule has 0 fully saturated rings. The van der Waals surface area contributed by atoms with Gasteiger partial charge in [-0.3, -0.25) is 10.1 Å². The number of hydrogen-bond acceptors (Lipinski definition) is 7. The average Bonchev–Trinajstić information content (AvgIpc) is 2.71. The molecule has 0 aliphatic carbocycles. The number of nitriles is 1. The van der Waals surface area contributed by atoms with Gasteiger partial charge in [0.2, 0.25) is 0 Å². The van der Waals surface area contributed by atoms with E-state index in [1.807, 2.05) is 6.07 Å². The zero-order valence-electron chi connectivity index (χ0n) is 10.2. The van der Waals surface area contributed by atoms with Crippen molar-refractivity contribution >= 4 is 32.0 Å². The number of nitrogen functional groups attached to an aromatic ring is 1. The SMILES string of the molecule is CC(C#N)CN(C)S(=O)(=O)c1cc([N+](=O)[O-])c(N)s1. The highest BCUT2D eigenvalue weighted by Gasteiger charge is 2.28. The van der Waals surface area contributed by atoms with Gasteiger partial charge in [0.05, 0.1) is 16.9 Å². The van der Waals surface area contributed by atoms with Gasteiger partial charge in [0.25, 0.3) is 10.0 Å². The van der Waals surface area contributed by atoms with Crippen molar-refractivity contribution in [3.63, 3.8) is 0 Å². The van der Waals surface area contributed by atoms with E-state index in [0.717, 1.165) is 10.4 Å². The highest BCUT2D eigenvalue weighted by molar-refractivity contribution is 7.91. The zero-order chi connectivity index (χ0) is 14.8. The molecule has 1 aromatic rings. The Kier molecular flexibility index (Phi) is 4.46. The van der Waals surface area contributed by atoms with Crippen molar-refractivity contribution in [2.45, 2.75) is 11.1 Å². The van der Waals surface area contributed by atoms with Gasteiger partial charge < -0.3 is 5.73 Å². The molecule has 0 bridgehead atoms. The molecule has 0 aliphatic rings. The van der Waals surface area contributed by atoms with Crippen LogP contribution < -0.4 is 5.73 Å². The van der Waals surface area contributed by atoms with Crippen LogP contribution in [-0.4, -0.2) is 31.2 Å². The predicted octanol–water partition coefficient (Wildman–Crippen LogP) is 1.02. The second-order valence-corrected chi connectivity index (χ2v) is 7.24. The Labute approximate surface area is 114 Å². The molecule has 0 spiro atoms. The lowest BCUT2D eigenvalue weighted by Gasteiger charge is -2.16. The number of sulfonamides is 1. The van der Waals surface area contributed by atoms with E-state index in [9.17, 15) is 18.5 Å². The molecule has 1 rings (SSSR count). The van der Waals surface area contributed by atoms with Gasteiger partial charge in [-0.15, -0.1) is 0 Å². The monoisotopic (exact) mass is 304 g/mol. The van der Waals surface area contributed by atoms with Crippen LogP contribution in [0.5, 0.6) is 0 Å². The van der Waals surface area contributed by atoms with Gasteiger partial charge in [-0.2, -0.15) is 9.57 Å². The Hall–Kier alpha value is -1.70. The lowest BCUT2D eigenvalue weighted by molar-refractivity contribution is -0.383. The van der Waals surface area contributed by atoms with Crippen LogP contribution in [0.4, 0.5) is 10.7 Å². The third-order valence-electron chi connectivity index (χ3n) is 2.33. The molecule has 0 aromatic carbocycles. The first-order valence-electron chi connectivity index (χ1n) is 5.09. The Morgan fingerprint density at radius 1 is 1.68 bits per heavy atom. The Morgan fingerprint density at radius 3 is 2.68 bits per heavy atom. The summed E-state index contributed by atoms with van der Waals surface area (Å²) in [5, 5.41) is 19.1. The molecule has 19 heavy (non-hydrogen) atoms. The first kappa shape index (κ1) is 15.4. The van der Waals surface area contributed by atoms with Crippen molar-refractivity contribution in [1.82, 2.24) is 4.31 Å². The molecular formula is C9H12N4O4S2. The minimum absolute atomic E-state index is 0.00440. The largest absolute Gasteiger partial charge is 0.385 e. The Bertz CT molecular complexity index is 631. The zero-order valence-corrected chi connectivity index (χ0v) is 11.9. The molecule has 0 saturated carbocycles. The molecule has 1 heterocycles. The van der Waals surface area contributed by atoms with Crippen molar-refractivity contribution in [3.8, 4) is 6.07 Å². The number of rotatable bonds is 5. The number of nitro groups is 1. The minimum Gasteiger partial charge on any atom is -0.385 e. The van der Waals surface area contributed by atoms with E-state index >= 15 is 0 Å². The van der Waals surface area contributed by atoms with Gasteiger partial charge in [-0.25, -0.2) is 8.42 Å². The maximum atomic E-state index is 12.1. The standard InChI is InChI=1S/C9H12N4O4S2/c1-6(4-10)5-12(2)19(16,17)8-3-7(13(14)15)9(11)18-8/h3,6H,5,11H2,1-2H3. The second-order valence-electron chi connectivity index (χ2n) is 3.89. The summed E-state index contributed by atoms with van der Waals surface area (Å²) in [6.07, 6.45) is 0. The summed E-state index contributed by atoms with van der Waals surface area (Å²) >= 11 is 0.636. The Balaban J connectivity index is 3.11. The molecule has 1 atom stereocenters. The van der Waals surface area contributed by atoms with Gasteiger partial charge in [0.1, 0.15) is 4.21 Å². The molecule has 10 heteroatoms. The van der Waals surface area contributed by atoms with Crippen molar-refractivity contribution in [2.75, 3.05) is 19.3 Å². The van der Waals surface area contributed by atoms with E-state index in [4.69, 9.17) is 11.0 Å². The minimum atomic E-state index is -3.86. The van der Waals surface area contributed by atoms with Crippen LogP contribution >= 0.6 is 11.3 Å². The molecule has 0 aliphatic heterocycles. The molecule has 0 radical (unpaired) electrons. The van der Waals surface area contributed by atoms with Crippen LogP contribution in [0.2, 0.25) is 0 Å². The van der Waals surface area contributed by atoms with Crippen molar-refractivity contribution in [2.24, 2.45) is 5.92 Å². The van der Waals surface area contributed by atoms with E-state index in [1.54, 1.807) is 6.92 Å². The highest BCUT2D eigenvalue weighted by Crippen LogP contribution is 2.35. The van der Waals surface area contributed by atoms with Crippen molar-refractivity contribution in [3.05, 3.63) is 16.2 Å². The highest BCUT2D eigenvalue weighted by atomic mass is 32.2. The fourth-order valence-electron chi connectivity index (χ4n) is 1.32. The quantitative estimate of drug-likeness (QED) is 0.638. The van der Waals surface area contributed by atoms with Gasteiger partial charge >= 0.3 is 5.69 Å². The number of thiophene rings is 1. The number of nitrogens with zero attached hydrogens (tertiary/aromatic N) is 3. The summed E-state index contributed by atoms with van der Waals surface area (Å²) in [6, 6.07) is 2.85. The van der Waals surface area contributed by atoms with Crippen LogP contribution in [0.15, 0.2) is 10.3 Å². The molecule has 104 valence electrons. The van der Waals surface area contributed by atoms with E-state index in [2.05, 4.69) is 0 Å². The summed E-state index contributed by atoms with van der Waals surface area (Å²) < 4.78 is 25.0. The number of nitrogens with two attached hydrogens (primary N) is 1. The van der Waals surface area contributed by atoms with Crippen LogP contribution in [0, 0.1) is 27.4 Å². The Morgan fingerprint density at radius 2 is 2.26 bits per heavy atom. The summed E-state index contributed by atoms with van der Waals surface area (Å²) in [7, 11) is -2.55. The predicted molar refractivity (Wildman–Crippen MR) is 70.0 cm³/mol. The number of anilines is 1. The van der Waals surface area contributed by atoms with E-state index < -0.39 is 26.6 Å². The van der Waals surface area contributed by atoms with E-state index in [1.165, 1.54) is 7.05 Å². The third kappa shape index (κ3) is 3.19. The van der Waals surface area contributed by atoms with Gasteiger partial charge in [0.15, 0.2) is 5.00 Å². The fraction of sp³-hybridized carbons (Fsp3) is 0.444. The van der Waals surface area contributed by atoms with Crippen LogP contribution in [0.25, 0.3) is 0 Å². The number of hydrogen-bond donors (Lipinski definition) is 1. The smallest absolute Gasteiger partial charge is 0.304 e. The molecule has 0 saturated heterocycles. The fourth-order valence-corrected chi connectivity index (χ4v) is 4.01. The van der Waals surface area contributed by atoms with Crippen molar-refractivity contribution in [1.29, 1.82) is 5.26 Å².